The van der Waals surface area contributed by atoms with Crippen LogP contribution in [0.5, 0.6) is 0 Å². The summed E-state index contributed by atoms with van der Waals surface area (Å²) in [6.45, 7) is 5.62. The van der Waals surface area contributed by atoms with Gasteiger partial charge in [0.15, 0.2) is 0 Å². The van der Waals surface area contributed by atoms with Gasteiger partial charge >= 0.3 is 6.03 Å². The number of rotatable bonds is 3. The summed E-state index contributed by atoms with van der Waals surface area (Å²) in [5.41, 5.74) is 4.34. The number of morpholine rings is 1. The normalized spacial score (nSPS) is 17.2. The number of aryl methyl sites for hydroxylation is 1. The molecule has 1 N–H and O–H groups in total. The van der Waals surface area contributed by atoms with Crippen LogP contribution in [0.25, 0.3) is 5.52 Å². The molecule has 3 amide bonds. The van der Waals surface area contributed by atoms with E-state index in [1.807, 2.05) is 35.1 Å². The van der Waals surface area contributed by atoms with Crippen LogP contribution < -0.4 is 5.32 Å². The first-order chi connectivity index (χ1) is 16.5. The smallest absolute Gasteiger partial charge is 0.321 e. The summed E-state index contributed by atoms with van der Waals surface area (Å²) in [7, 11) is 0. The third-order valence-corrected chi connectivity index (χ3v) is 7.00. The molecule has 8 nitrogen and oxygen atoms in total. The van der Waals surface area contributed by atoms with E-state index in [2.05, 4.69) is 22.5 Å². The van der Waals surface area contributed by atoms with E-state index in [0.29, 0.717) is 55.9 Å². The van der Waals surface area contributed by atoms with E-state index < -0.39 is 0 Å². The summed E-state index contributed by atoms with van der Waals surface area (Å²) in [5, 5.41) is 7.96. The van der Waals surface area contributed by atoms with Gasteiger partial charge in [0.05, 0.1) is 30.5 Å². The summed E-state index contributed by atoms with van der Waals surface area (Å²) in [6, 6.07) is 9.53. The van der Waals surface area contributed by atoms with Crippen LogP contribution in [0, 0.1) is 6.92 Å². The Morgan fingerprint density at radius 1 is 1.06 bits per heavy atom. The lowest BCUT2D eigenvalue weighted by atomic mass is 9.89. The van der Waals surface area contributed by atoms with Gasteiger partial charge in [0.25, 0.3) is 5.91 Å². The van der Waals surface area contributed by atoms with Crippen molar-refractivity contribution in [3.05, 3.63) is 64.4 Å². The van der Waals surface area contributed by atoms with Gasteiger partial charge in [-0.2, -0.15) is 5.10 Å². The summed E-state index contributed by atoms with van der Waals surface area (Å²) < 4.78 is 7.13. The summed E-state index contributed by atoms with van der Waals surface area (Å²) in [4.78, 5) is 29.5. The number of carbonyl (C=O) groups excluding carboxylic acids is 2. The summed E-state index contributed by atoms with van der Waals surface area (Å²) in [6.07, 6.45) is 5.29. The number of likely N-dealkylation sites (tertiary alicyclic amines) is 1. The number of hydrogen-bond acceptors (Lipinski definition) is 4. The van der Waals surface area contributed by atoms with Gasteiger partial charge in [-0.3, -0.25) is 4.79 Å². The predicted octanol–water partition coefficient (Wildman–Crippen LogP) is 4.18. The molecule has 1 aromatic carbocycles. The average Bonchev–Trinajstić information content (AvgIpc) is 3.29. The monoisotopic (exact) mass is 481 g/mol. The highest BCUT2D eigenvalue weighted by molar-refractivity contribution is 6.31. The Balaban J connectivity index is 1.26. The molecule has 178 valence electrons. The van der Waals surface area contributed by atoms with E-state index in [1.54, 1.807) is 16.8 Å². The van der Waals surface area contributed by atoms with E-state index >= 15 is 0 Å². The number of halogens is 1. The Hall–Kier alpha value is -3.10. The van der Waals surface area contributed by atoms with E-state index in [9.17, 15) is 9.59 Å². The van der Waals surface area contributed by atoms with E-state index in [0.717, 1.165) is 29.6 Å². The Morgan fingerprint density at radius 3 is 2.59 bits per heavy atom. The number of carbonyl (C=O) groups is 2. The van der Waals surface area contributed by atoms with Gasteiger partial charge in [-0.05, 0) is 61.1 Å². The lowest BCUT2D eigenvalue weighted by molar-refractivity contribution is 0.0304. The van der Waals surface area contributed by atoms with E-state index in [1.165, 1.54) is 5.56 Å². The SMILES string of the molecule is Cc1ccc(Cl)cc1NC(=O)N1CCC(c2ccn3ncc(C(=O)N4CCOCC4)c3c2)CC1. The fraction of sp³-hybridized carbons (Fsp3) is 0.400. The quantitative estimate of drug-likeness (QED) is 0.608. The van der Waals surface area contributed by atoms with Crippen molar-refractivity contribution in [2.45, 2.75) is 25.7 Å². The minimum absolute atomic E-state index is 0.00162. The number of ether oxygens (including phenoxy) is 1. The first-order valence-corrected chi connectivity index (χ1v) is 12.0. The third kappa shape index (κ3) is 4.60. The molecule has 34 heavy (non-hydrogen) atoms. The Labute approximate surface area is 203 Å². The molecule has 0 saturated carbocycles. The van der Waals surface area contributed by atoms with Crippen LogP contribution in [0.15, 0.2) is 42.7 Å². The first-order valence-electron chi connectivity index (χ1n) is 11.7. The van der Waals surface area contributed by atoms with Crippen molar-refractivity contribution in [1.29, 1.82) is 0 Å². The second kappa shape index (κ2) is 9.64. The molecular formula is C25H28ClN5O3. The molecule has 0 atom stereocenters. The maximum atomic E-state index is 13.0. The molecule has 0 spiro atoms. The second-order valence-electron chi connectivity index (χ2n) is 8.90. The Bertz CT molecular complexity index is 1210. The van der Waals surface area contributed by atoms with Gasteiger partial charge < -0.3 is 19.9 Å². The maximum Gasteiger partial charge on any atom is 0.321 e. The van der Waals surface area contributed by atoms with Crippen molar-refractivity contribution in [2.24, 2.45) is 0 Å². The van der Waals surface area contributed by atoms with Crippen molar-refractivity contribution in [1.82, 2.24) is 19.4 Å². The molecule has 0 unspecified atom stereocenters. The highest BCUT2D eigenvalue weighted by atomic mass is 35.5. The molecule has 2 aromatic heterocycles. The second-order valence-corrected chi connectivity index (χ2v) is 9.34. The predicted molar refractivity (Wildman–Crippen MR) is 131 cm³/mol. The molecule has 0 aliphatic carbocycles. The van der Waals surface area contributed by atoms with Crippen molar-refractivity contribution in [3.63, 3.8) is 0 Å². The van der Waals surface area contributed by atoms with Gasteiger partial charge in [-0.25, -0.2) is 9.31 Å². The van der Waals surface area contributed by atoms with Gasteiger partial charge in [-0.15, -0.1) is 0 Å². The zero-order chi connectivity index (χ0) is 23.7. The number of fused-ring (bicyclic) bond motifs is 1. The standard InChI is InChI=1S/C25H28ClN5O3/c1-17-2-3-20(26)15-22(17)28-25(33)30-7-4-18(5-8-30)19-6-9-31-23(14-19)21(16-27-31)24(32)29-10-12-34-13-11-29/h2-3,6,9,14-16,18H,4-5,7-8,10-13H2,1H3,(H,28,33). The minimum Gasteiger partial charge on any atom is -0.378 e. The van der Waals surface area contributed by atoms with Crippen LogP contribution in [0.2, 0.25) is 5.02 Å². The Kier molecular flexibility index (Phi) is 6.43. The largest absolute Gasteiger partial charge is 0.378 e. The summed E-state index contributed by atoms with van der Waals surface area (Å²) in [5.74, 6) is 0.321. The molecule has 2 saturated heterocycles. The van der Waals surface area contributed by atoms with Crippen molar-refractivity contribution >= 4 is 34.7 Å². The number of hydrogen-bond donors (Lipinski definition) is 1. The average molecular weight is 482 g/mol. The van der Waals surface area contributed by atoms with E-state index in [-0.39, 0.29) is 11.9 Å². The molecule has 5 rings (SSSR count). The number of nitrogens with zero attached hydrogens (tertiary/aromatic N) is 4. The highest BCUT2D eigenvalue weighted by Crippen LogP contribution is 2.30. The van der Waals surface area contributed by atoms with E-state index in [4.69, 9.17) is 16.3 Å². The van der Waals surface area contributed by atoms with Crippen LogP contribution in [0.3, 0.4) is 0 Å². The lowest BCUT2D eigenvalue weighted by Gasteiger charge is -2.32. The van der Waals surface area contributed by atoms with Crippen LogP contribution in [0.4, 0.5) is 10.5 Å². The molecule has 2 aliphatic rings. The fourth-order valence-corrected chi connectivity index (χ4v) is 4.86. The lowest BCUT2D eigenvalue weighted by Crippen LogP contribution is -2.40. The van der Waals surface area contributed by atoms with Gasteiger partial charge in [0.2, 0.25) is 0 Å². The third-order valence-electron chi connectivity index (χ3n) is 6.77. The van der Waals surface area contributed by atoms with Gasteiger partial charge in [0.1, 0.15) is 0 Å². The number of urea groups is 1. The zero-order valence-corrected chi connectivity index (χ0v) is 19.9. The number of amides is 3. The molecule has 2 aliphatic heterocycles. The number of anilines is 1. The molecule has 2 fully saturated rings. The van der Waals surface area contributed by atoms with Crippen molar-refractivity contribution in [3.8, 4) is 0 Å². The molecular weight excluding hydrogens is 454 g/mol. The fourth-order valence-electron chi connectivity index (χ4n) is 4.69. The van der Waals surface area contributed by atoms with Crippen LogP contribution in [0.1, 0.15) is 40.2 Å². The number of aromatic nitrogens is 2. The molecule has 4 heterocycles. The Morgan fingerprint density at radius 2 is 1.82 bits per heavy atom. The first kappa shape index (κ1) is 22.7. The molecule has 0 bridgehead atoms. The highest BCUT2D eigenvalue weighted by Gasteiger charge is 2.26. The number of nitrogens with one attached hydrogen (secondary N) is 1. The van der Waals surface area contributed by atoms with Crippen LogP contribution in [-0.2, 0) is 4.74 Å². The summed E-state index contributed by atoms with van der Waals surface area (Å²) >= 11 is 6.08. The van der Waals surface area contributed by atoms with Crippen molar-refractivity contribution < 1.29 is 14.3 Å². The number of pyridine rings is 1. The van der Waals surface area contributed by atoms with Crippen molar-refractivity contribution in [2.75, 3.05) is 44.7 Å². The van der Waals surface area contributed by atoms with Crippen LogP contribution in [-0.4, -0.2) is 70.7 Å². The topological polar surface area (TPSA) is 79.2 Å². The van der Waals surface area contributed by atoms with Gasteiger partial charge in [0, 0.05) is 43.1 Å². The molecule has 0 radical (unpaired) electrons. The number of benzene rings is 1. The van der Waals surface area contributed by atoms with Crippen LogP contribution >= 0.6 is 11.6 Å². The zero-order valence-electron chi connectivity index (χ0n) is 19.2. The minimum atomic E-state index is -0.103. The molecule has 9 heteroatoms. The number of piperidine rings is 1. The maximum absolute atomic E-state index is 13.0. The molecule has 3 aromatic rings. The van der Waals surface area contributed by atoms with Gasteiger partial charge in [-0.1, -0.05) is 17.7 Å².